The van der Waals surface area contributed by atoms with Crippen LogP contribution in [0.15, 0.2) is 71.7 Å². The Morgan fingerprint density at radius 1 is 0.868 bits per heavy atom. The van der Waals surface area contributed by atoms with E-state index in [9.17, 15) is 28.5 Å². The standard InChI is InChI=1S/C26H30N2O8P2/c1-5-35-38(34,36-6-2)26-16-12-22(13-17-26)28(20(4)30)24-9-7-8-23(18-24)27(19(3)29)21-10-14-25(15-11-21)37(31,32)33/h7-8,10,12-18H,5-6,9,11H2,1-4H3/p+2. The first-order valence-electron chi connectivity index (χ1n) is 12.1. The molecule has 2 aliphatic rings. The Morgan fingerprint density at radius 3 is 1.95 bits per heavy atom. The van der Waals surface area contributed by atoms with Crippen LogP contribution in [0.4, 0.5) is 5.69 Å². The molecule has 0 bridgehead atoms. The first kappa shape index (κ1) is 29.7. The summed E-state index contributed by atoms with van der Waals surface area (Å²) in [4.78, 5) is 44.2. The SMILES string of the molecule is CCOP(=O)(OCC)c1ccc([N+](C(C)=O)=C2C=C([N+](C(C)=O)=C3C=CC(P(=O)(O)O)=CC3)C=CC2)cc1. The van der Waals surface area contributed by atoms with Gasteiger partial charge in [0.1, 0.15) is 0 Å². The van der Waals surface area contributed by atoms with Gasteiger partial charge in [0.05, 0.1) is 56.6 Å². The number of nitrogens with zero attached hydrogens (tertiary/aromatic N) is 2. The summed E-state index contributed by atoms with van der Waals surface area (Å²) in [5.41, 5.74) is 2.19. The summed E-state index contributed by atoms with van der Waals surface area (Å²) in [6.45, 7) is 6.71. The van der Waals surface area contributed by atoms with E-state index in [-0.39, 0.29) is 36.8 Å². The first-order chi connectivity index (χ1) is 17.9. The van der Waals surface area contributed by atoms with E-state index < -0.39 is 15.2 Å². The molecule has 0 radical (unpaired) electrons. The summed E-state index contributed by atoms with van der Waals surface area (Å²) < 4.78 is 38.4. The monoisotopic (exact) mass is 562 g/mol. The molecule has 0 heterocycles. The zero-order chi connectivity index (χ0) is 28.1. The van der Waals surface area contributed by atoms with Crippen molar-refractivity contribution in [1.82, 2.24) is 0 Å². The van der Waals surface area contributed by atoms with E-state index in [1.54, 1.807) is 50.3 Å². The normalized spacial score (nSPS) is 18.6. The lowest BCUT2D eigenvalue weighted by molar-refractivity contribution is -0.394. The number of allylic oxidation sites excluding steroid dienone is 7. The third-order valence-corrected chi connectivity index (χ3v) is 8.85. The molecule has 10 nitrogen and oxygen atoms in total. The lowest BCUT2D eigenvalue weighted by Crippen LogP contribution is -2.28. The van der Waals surface area contributed by atoms with Gasteiger partial charge in [-0.05, 0) is 32.1 Å². The third kappa shape index (κ3) is 6.77. The van der Waals surface area contributed by atoms with Gasteiger partial charge < -0.3 is 18.8 Å². The fourth-order valence-electron chi connectivity index (χ4n) is 4.19. The number of benzene rings is 1. The van der Waals surface area contributed by atoms with Gasteiger partial charge in [-0.15, -0.1) is 9.15 Å². The van der Waals surface area contributed by atoms with E-state index in [0.29, 0.717) is 34.5 Å². The maximum absolute atomic E-state index is 13.1. The van der Waals surface area contributed by atoms with Crippen LogP contribution in [0.3, 0.4) is 0 Å². The summed E-state index contributed by atoms with van der Waals surface area (Å²) in [7, 11) is -7.88. The smallest absolute Gasteiger partial charge is 0.321 e. The van der Waals surface area contributed by atoms with Crippen LogP contribution in [0.2, 0.25) is 0 Å². The minimum Gasteiger partial charge on any atom is -0.321 e. The van der Waals surface area contributed by atoms with Crippen molar-refractivity contribution in [2.45, 2.75) is 40.5 Å². The lowest BCUT2D eigenvalue weighted by Gasteiger charge is -2.17. The second-order valence-corrected chi connectivity index (χ2v) is 12.1. The van der Waals surface area contributed by atoms with Crippen molar-refractivity contribution in [3.63, 3.8) is 0 Å². The second kappa shape index (κ2) is 12.3. The topological polar surface area (TPSA) is 133 Å². The maximum Gasteiger partial charge on any atom is 0.389 e. The summed E-state index contributed by atoms with van der Waals surface area (Å²) in [6, 6.07) is 6.54. The van der Waals surface area contributed by atoms with Gasteiger partial charge in [-0.3, -0.25) is 9.13 Å². The van der Waals surface area contributed by atoms with E-state index in [2.05, 4.69) is 0 Å². The Bertz CT molecular complexity index is 1400. The summed E-state index contributed by atoms with van der Waals surface area (Å²) in [5, 5.41) is 0.277. The highest BCUT2D eigenvalue weighted by Gasteiger charge is 2.32. The van der Waals surface area contributed by atoms with Gasteiger partial charge in [-0.2, -0.15) is 0 Å². The molecule has 0 atom stereocenters. The fraction of sp³-hybridized carbons (Fsp3) is 0.308. The number of hydrogen-bond acceptors (Lipinski definition) is 6. The van der Waals surface area contributed by atoms with Crippen molar-refractivity contribution >= 4 is 49.4 Å². The molecule has 0 spiro atoms. The molecule has 1 aromatic rings. The quantitative estimate of drug-likeness (QED) is 0.358. The van der Waals surface area contributed by atoms with Gasteiger partial charge in [0, 0.05) is 24.3 Å². The minimum absolute atomic E-state index is 0.102. The molecule has 1 aromatic carbocycles. The van der Waals surface area contributed by atoms with Crippen LogP contribution in [-0.2, 0) is 27.8 Å². The van der Waals surface area contributed by atoms with Gasteiger partial charge in [-0.1, -0.05) is 12.2 Å². The Labute approximate surface area is 221 Å². The van der Waals surface area contributed by atoms with Crippen molar-refractivity contribution < 1.29 is 46.7 Å². The predicted octanol–water partition coefficient (Wildman–Crippen LogP) is 4.07. The summed E-state index contributed by atoms with van der Waals surface area (Å²) in [6.07, 6.45) is 10.1. The van der Waals surface area contributed by atoms with Crippen LogP contribution in [-0.4, -0.2) is 55.4 Å². The Kier molecular flexibility index (Phi) is 9.65. The molecule has 12 heteroatoms. The number of amides is 2. The zero-order valence-corrected chi connectivity index (χ0v) is 23.5. The molecule has 202 valence electrons. The Hall–Kier alpha value is -2.84. The highest BCUT2D eigenvalue weighted by molar-refractivity contribution is 7.62. The highest BCUT2D eigenvalue weighted by atomic mass is 31.2. The molecular formula is C26H32N2O8P2+2. The van der Waals surface area contributed by atoms with Crippen LogP contribution >= 0.6 is 15.2 Å². The van der Waals surface area contributed by atoms with Gasteiger partial charge in [0.2, 0.25) is 17.1 Å². The van der Waals surface area contributed by atoms with Crippen LogP contribution in [0, 0.1) is 0 Å². The van der Waals surface area contributed by atoms with Crippen molar-refractivity contribution in [3.8, 4) is 0 Å². The lowest BCUT2D eigenvalue weighted by atomic mass is 10.1. The maximum atomic E-state index is 13.1. The van der Waals surface area contributed by atoms with Crippen LogP contribution in [0.1, 0.15) is 40.5 Å². The molecule has 2 N–H and O–H groups in total. The minimum atomic E-state index is -4.40. The predicted molar refractivity (Wildman–Crippen MR) is 144 cm³/mol. The summed E-state index contributed by atoms with van der Waals surface area (Å²) in [5.74, 6) is -0.554. The molecule has 38 heavy (non-hydrogen) atoms. The van der Waals surface area contributed by atoms with E-state index in [1.807, 2.05) is 6.08 Å². The molecule has 0 fully saturated rings. The molecule has 0 saturated carbocycles. The van der Waals surface area contributed by atoms with E-state index in [0.717, 1.165) is 0 Å². The Balaban J connectivity index is 2.06. The van der Waals surface area contributed by atoms with Gasteiger partial charge >= 0.3 is 27.0 Å². The molecule has 0 aliphatic heterocycles. The average Bonchev–Trinajstić information content (AvgIpc) is 2.85. The number of carbonyl (C=O) groups excluding carboxylic acids is 2. The molecule has 2 amide bonds. The molecule has 0 unspecified atom stereocenters. The molecule has 0 aromatic heterocycles. The van der Waals surface area contributed by atoms with Crippen molar-refractivity contribution in [2.75, 3.05) is 13.2 Å². The molecule has 2 aliphatic carbocycles. The molecule has 3 rings (SSSR count). The first-order valence-corrected chi connectivity index (χ1v) is 15.2. The Morgan fingerprint density at radius 2 is 1.47 bits per heavy atom. The summed E-state index contributed by atoms with van der Waals surface area (Å²) >= 11 is 0. The fourth-order valence-corrected chi connectivity index (χ4v) is 6.36. The number of hydrogen-bond donors (Lipinski definition) is 2. The van der Waals surface area contributed by atoms with E-state index in [4.69, 9.17) is 9.05 Å². The highest BCUT2D eigenvalue weighted by Crippen LogP contribution is 2.47. The second-order valence-electron chi connectivity index (χ2n) is 8.43. The average molecular weight is 562 g/mol. The van der Waals surface area contributed by atoms with Gasteiger partial charge in [0.15, 0.2) is 5.71 Å². The van der Waals surface area contributed by atoms with Crippen LogP contribution < -0.4 is 5.30 Å². The van der Waals surface area contributed by atoms with E-state index >= 15 is 0 Å². The van der Waals surface area contributed by atoms with Crippen molar-refractivity contribution in [2.24, 2.45) is 0 Å². The van der Waals surface area contributed by atoms with Gasteiger partial charge in [0.25, 0.3) is 0 Å². The largest absolute Gasteiger partial charge is 0.389 e. The third-order valence-electron chi connectivity index (χ3n) is 5.72. The van der Waals surface area contributed by atoms with Crippen LogP contribution in [0.25, 0.3) is 0 Å². The number of carbonyl (C=O) groups is 2. The molecular weight excluding hydrogens is 530 g/mol. The van der Waals surface area contributed by atoms with Gasteiger partial charge in [-0.25, -0.2) is 9.59 Å². The zero-order valence-electron chi connectivity index (χ0n) is 21.7. The van der Waals surface area contributed by atoms with Crippen molar-refractivity contribution in [1.29, 1.82) is 0 Å². The number of rotatable bonds is 8. The van der Waals surface area contributed by atoms with Crippen LogP contribution in [0.5, 0.6) is 0 Å². The van der Waals surface area contributed by atoms with E-state index in [1.165, 1.54) is 41.2 Å². The molecule has 0 saturated heterocycles. The van der Waals surface area contributed by atoms with Crippen molar-refractivity contribution in [3.05, 3.63) is 71.7 Å².